The number of aryl methyl sites for hydroxylation is 1. The first-order valence-corrected chi connectivity index (χ1v) is 9.86. The predicted octanol–water partition coefficient (Wildman–Crippen LogP) is 5.75. The van der Waals surface area contributed by atoms with Gasteiger partial charge in [0.25, 0.3) is 0 Å². The van der Waals surface area contributed by atoms with Gasteiger partial charge in [0.2, 0.25) is 0 Å². The molecule has 0 saturated heterocycles. The van der Waals surface area contributed by atoms with E-state index in [1.807, 2.05) is 38.2 Å². The quantitative estimate of drug-likeness (QED) is 0.587. The van der Waals surface area contributed by atoms with E-state index in [0.717, 1.165) is 28.3 Å². The summed E-state index contributed by atoms with van der Waals surface area (Å²) in [6.45, 7) is 3.99. The van der Waals surface area contributed by atoms with Crippen molar-refractivity contribution in [2.45, 2.75) is 39.2 Å². The number of hydrogen-bond acceptors (Lipinski definition) is 4. The van der Waals surface area contributed by atoms with E-state index in [1.54, 1.807) is 11.3 Å². The minimum absolute atomic E-state index is 0.0891. The Hall–Kier alpha value is -2.46. The Morgan fingerprint density at radius 2 is 2.08 bits per heavy atom. The number of thiazole rings is 1. The zero-order chi connectivity index (χ0) is 18.1. The van der Waals surface area contributed by atoms with Crippen molar-refractivity contribution in [3.8, 4) is 26.8 Å². The van der Waals surface area contributed by atoms with Crippen molar-refractivity contribution in [3.05, 3.63) is 59.3 Å². The molecule has 0 radical (unpaired) electrons. The molecule has 1 heterocycles. The van der Waals surface area contributed by atoms with Crippen LogP contribution in [0.15, 0.2) is 42.6 Å². The lowest BCUT2D eigenvalue weighted by Crippen LogP contribution is -2.07. The highest BCUT2D eigenvalue weighted by atomic mass is 32.1. The van der Waals surface area contributed by atoms with E-state index >= 15 is 0 Å². The molecule has 1 aliphatic rings. The first-order chi connectivity index (χ1) is 12.7. The second kappa shape index (κ2) is 7.04. The lowest BCUT2D eigenvalue weighted by atomic mass is 10.0. The van der Waals surface area contributed by atoms with Crippen LogP contribution in [0.4, 0.5) is 0 Å². The Morgan fingerprint density at radius 3 is 2.88 bits per heavy atom. The van der Waals surface area contributed by atoms with Crippen molar-refractivity contribution in [1.29, 1.82) is 5.41 Å². The molecular weight excluding hydrogens is 340 g/mol. The van der Waals surface area contributed by atoms with Gasteiger partial charge in [-0.15, -0.1) is 11.3 Å². The molecule has 4 rings (SSSR count). The number of benzene rings is 2. The van der Waals surface area contributed by atoms with E-state index < -0.39 is 0 Å². The topological polar surface area (TPSA) is 46.0 Å². The number of rotatable bonds is 5. The molecule has 4 heteroatoms. The highest BCUT2D eigenvalue weighted by molar-refractivity contribution is 7.18. The molecule has 1 N–H and O–H groups in total. The van der Waals surface area contributed by atoms with Crippen molar-refractivity contribution in [2.24, 2.45) is 0 Å². The highest BCUT2D eigenvalue weighted by Crippen LogP contribution is 2.38. The van der Waals surface area contributed by atoms with Gasteiger partial charge in [0.05, 0.1) is 11.0 Å². The van der Waals surface area contributed by atoms with Gasteiger partial charge >= 0.3 is 0 Å². The summed E-state index contributed by atoms with van der Waals surface area (Å²) in [7, 11) is 0. The Labute approximate surface area is 158 Å². The number of nitrogens with zero attached hydrogens (tertiary/aromatic N) is 1. The summed E-state index contributed by atoms with van der Waals surface area (Å²) < 4.78 is 5.78. The molecule has 3 aromatic rings. The first kappa shape index (κ1) is 17.0. The Kier molecular flexibility index (Phi) is 4.60. The van der Waals surface area contributed by atoms with Gasteiger partial charge in [-0.2, -0.15) is 0 Å². The standard InChI is InChI=1S/C22H22N2OS/c1-14(2)25-20-10-9-16(11-17(20)12-23)22-24-13-21(26-22)19-8-4-6-15-5-3-7-18(15)19/h4,6,8-14,23H,3,5,7H2,1-2H3. The number of fused-ring (bicyclic) bond motifs is 1. The second-order valence-electron chi connectivity index (χ2n) is 6.89. The molecular formula is C22H22N2OS. The molecule has 0 fully saturated rings. The van der Waals surface area contributed by atoms with Gasteiger partial charge in [-0.25, -0.2) is 4.98 Å². The van der Waals surface area contributed by atoms with E-state index in [9.17, 15) is 0 Å². The molecule has 26 heavy (non-hydrogen) atoms. The van der Waals surface area contributed by atoms with Gasteiger partial charge in [-0.1, -0.05) is 18.2 Å². The predicted molar refractivity (Wildman–Crippen MR) is 109 cm³/mol. The number of hydrogen-bond donors (Lipinski definition) is 1. The largest absolute Gasteiger partial charge is 0.490 e. The Balaban J connectivity index is 1.69. The smallest absolute Gasteiger partial charge is 0.128 e. The van der Waals surface area contributed by atoms with Gasteiger partial charge in [0, 0.05) is 23.5 Å². The normalized spacial score (nSPS) is 13.0. The summed E-state index contributed by atoms with van der Waals surface area (Å²) >= 11 is 1.72. The molecule has 0 atom stereocenters. The zero-order valence-electron chi connectivity index (χ0n) is 15.1. The number of aromatic nitrogens is 1. The third-order valence-corrected chi connectivity index (χ3v) is 5.77. The molecule has 2 aromatic carbocycles. The Morgan fingerprint density at radius 1 is 1.19 bits per heavy atom. The number of nitrogens with one attached hydrogen (secondary N) is 1. The molecule has 0 bridgehead atoms. The van der Waals surface area contributed by atoms with Crippen LogP contribution in [0.25, 0.3) is 21.0 Å². The number of ether oxygens (including phenoxy) is 1. The molecule has 1 aromatic heterocycles. The maximum absolute atomic E-state index is 7.69. The van der Waals surface area contributed by atoms with Gasteiger partial charge in [-0.05, 0) is 68.0 Å². The lowest BCUT2D eigenvalue weighted by Gasteiger charge is -2.12. The minimum atomic E-state index is 0.0891. The van der Waals surface area contributed by atoms with Gasteiger partial charge in [0.1, 0.15) is 10.8 Å². The summed E-state index contributed by atoms with van der Waals surface area (Å²) in [6, 6.07) is 12.6. The third-order valence-electron chi connectivity index (χ3n) is 4.69. The summed E-state index contributed by atoms with van der Waals surface area (Å²) in [5, 5.41) is 8.67. The fourth-order valence-corrected chi connectivity index (χ4v) is 4.50. The maximum Gasteiger partial charge on any atom is 0.128 e. The molecule has 1 aliphatic carbocycles. The van der Waals surface area contributed by atoms with Crippen LogP contribution < -0.4 is 4.74 Å². The molecule has 0 amide bonds. The van der Waals surface area contributed by atoms with Crippen molar-refractivity contribution >= 4 is 17.6 Å². The van der Waals surface area contributed by atoms with Crippen LogP contribution >= 0.6 is 11.3 Å². The SMILES string of the molecule is CC(C)Oc1ccc(-c2ncc(-c3cccc4c3CCC4)s2)cc1C=N. The van der Waals surface area contributed by atoms with Crippen molar-refractivity contribution in [2.75, 3.05) is 0 Å². The van der Waals surface area contributed by atoms with Crippen LogP contribution in [0, 0.1) is 5.41 Å². The zero-order valence-corrected chi connectivity index (χ0v) is 15.9. The fourth-order valence-electron chi connectivity index (χ4n) is 3.54. The van der Waals surface area contributed by atoms with Crippen LogP contribution in [-0.4, -0.2) is 17.3 Å². The van der Waals surface area contributed by atoms with Crippen molar-refractivity contribution in [3.63, 3.8) is 0 Å². The van der Waals surface area contributed by atoms with E-state index in [0.29, 0.717) is 0 Å². The van der Waals surface area contributed by atoms with Crippen molar-refractivity contribution in [1.82, 2.24) is 4.98 Å². The van der Waals surface area contributed by atoms with Gasteiger partial charge < -0.3 is 10.1 Å². The van der Waals surface area contributed by atoms with E-state index in [2.05, 4.69) is 23.2 Å². The van der Waals surface area contributed by atoms with E-state index in [-0.39, 0.29) is 6.10 Å². The highest BCUT2D eigenvalue weighted by Gasteiger charge is 2.17. The van der Waals surface area contributed by atoms with Crippen LogP contribution in [0.2, 0.25) is 0 Å². The average molecular weight is 362 g/mol. The van der Waals surface area contributed by atoms with Crippen LogP contribution in [0.3, 0.4) is 0 Å². The van der Waals surface area contributed by atoms with Gasteiger partial charge in [0.15, 0.2) is 0 Å². The molecule has 132 valence electrons. The molecule has 0 unspecified atom stereocenters. The second-order valence-corrected chi connectivity index (χ2v) is 7.92. The van der Waals surface area contributed by atoms with Crippen LogP contribution in [-0.2, 0) is 12.8 Å². The average Bonchev–Trinajstić information content (AvgIpc) is 3.30. The van der Waals surface area contributed by atoms with Crippen LogP contribution in [0.1, 0.15) is 37.0 Å². The summed E-state index contributed by atoms with van der Waals surface area (Å²) in [5.74, 6) is 0.747. The lowest BCUT2D eigenvalue weighted by molar-refractivity contribution is 0.242. The Bertz CT molecular complexity index is 959. The third kappa shape index (κ3) is 3.17. The summed E-state index contributed by atoms with van der Waals surface area (Å²) in [5.41, 5.74) is 6.12. The van der Waals surface area contributed by atoms with E-state index in [4.69, 9.17) is 10.1 Å². The maximum atomic E-state index is 7.69. The first-order valence-electron chi connectivity index (χ1n) is 9.04. The summed E-state index contributed by atoms with van der Waals surface area (Å²) in [4.78, 5) is 5.88. The molecule has 0 saturated carbocycles. The monoisotopic (exact) mass is 362 g/mol. The molecule has 0 aliphatic heterocycles. The van der Waals surface area contributed by atoms with E-state index in [1.165, 1.54) is 40.6 Å². The molecule has 0 spiro atoms. The van der Waals surface area contributed by atoms with Crippen LogP contribution in [0.5, 0.6) is 5.75 Å². The van der Waals surface area contributed by atoms with Gasteiger partial charge in [-0.3, -0.25) is 0 Å². The van der Waals surface area contributed by atoms with Crippen molar-refractivity contribution < 1.29 is 4.74 Å². The summed E-state index contributed by atoms with van der Waals surface area (Å²) in [6.07, 6.45) is 7.02. The minimum Gasteiger partial charge on any atom is -0.490 e. The molecule has 3 nitrogen and oxygen atoms in total. The fraction of sp³-hybridized carbons (Fsp3) is 0.273.